The molecule has 0 aromatic heterocycles. The van der Waals surface area contributed by atoms with E-state index < -0.39 is 12.0 Å². The molecule has 1 aliphatic rings. The van der Waals surface area contributed by atoms with E-state index in [1.54, 1.807) is 0 Å². The highest BCUT2D eigenvalue weighted by Gasteiger charge is 2.27. The Balaban J connectivity index is 2.36. The lowest BCUT2D eigenvalue weighted by Gasteiger charge is -2.36. The Morgan fingerprint density at radius 2 is 1.74 bits per heavy atom. The summed E-state index contributed by atoms with van der Waals surface area (Å²) in [6.45, 7) is 1.75. The molecule has 0 aromatic rings. The third kappa shape index (κ3) is 5.86. The van der Waals surface area contributed by atoms with Gasteiger partial charge in [0, 0.05) is 30.9 Å². The van der Waals surface area contributed by atoms with Gasteiger partial charge in [0.2, 0.25) is 0 Å². The van der Waals surface area contributed by atoms with Crippen LogP contribution in [-0.4, -0.2) is 52.9 Å². The Hall–Kier alpha value is -0.0300. The minimum Gasteiger partial charge on any atom is -0.480 e. The lowest BCUT2D eigenvalue weighted by Crippen LogP contribution is -2.41. The molecule has 0 aliphatic heterocycles. The smallest absolute Gasteiger partial charge is 0.320 e. The zero-order chi connectivity index (χ0) is 14.3. The first kappa shape index (κ1) is 17.0. The first-order valence-corrected chi connectivity index (χ1v) is 7.99. The normalized spacial score (nSPS) is 25.5. The summed E-state index contributed by atoms with van der Waals surface area (Å²) in [6.07, 6.45) is 4.86. The fraction of sp³-hybridized carbons (Fsp3) is 0.923. The number of carbonyl (C=O) groups is 1. The van der Waals surface area contributed by atoms with E-state index in [0.29, 0.717) is 30.1 Å². The third-order valence-corrected chi connectivity index (χ3v) is 4.32. The Bertz CT molecular complexity index is 265. The van der Waals surface area contributed by atoms with E-state index in [1.165, 1.54) is 0 Å². The van der Waals surface area contributed by atoms with Gasteiger partial charge in [0.05, 0.1) is 0 Å². The van der Waals surface area contributed by atoms with Crippen molar-refractivity contribution in [1.82, 2.24) is 4.90 Å². The maximum absolute atomic E-state index is 10.8. The fourth-order valence-electron chi connectivity index (χ4n) is 2.90. The van der Waals surface area contributed by atoms with E-state index in [-0.39, 0.29) is 0 Å². The highest BCUT2D eigenvalue weighted by molar-refractivity contribution is 6.18. The summed E-state index contributed by atoms with van der Waals surface area (Å²) in [4.78, 5) is 13.1. The molecule has 6 heteroatoms. The second-order valence-electron chi connectivity index (χ2n) is 5.27. The molecule has 19 heavy (non-hydrogen) atoms. The number of hydrogen-bond acceptors (Lipinski definition) is 3. The Labute approximate surface area is 125 Å². The molecule has 0 unspecified atom stereocenters. The molecular formula is C13H24Cl2N2O2. The van der Waals surface area contributed by atoms with Gasteiger partial charge in [-0.2, -0.15) is 0 Å². The molecule has 0 radical (unpaired) electrons. The monoisotopic (exact) mass is 310 g/mol. The molecule has 3 N–H and O–H groups in total. The molecule has 0 spiro atoms. The fourth-order valence-corrected chi connectivity index (χ4v) is 3.33. The second-order valence-corrected chi connectivity index (χ2v) is 6.02. The van der Waals surface area contributed by atoms with Crippen LogP contribution >= 0.6 is 23.2 Å². The number of carboxylic acid groups (broad SMARTS) is 1. The number of carboxylic acids is 1. The highest BCUT2D eigenvalue weighted by atomic mass is 35.5. The molecule has 112 valence electrons. The molecule has 0 aromatic carbocycles. The van der Waals surface area contributed by atoms with E-state index in [0.717, 1.165) is 38.8 Å². The summed E-state index contributed by atoms with van der Waals surface area (Å²) in [7, 11) is 0. The zero-order valence-electron chi connectivity index (χ0n) is 11.2. The van der Waals surface area contributed by atoms with Crippen LogP contribution in [0, 0.1) is 5.92 Å². The molecular weight excluding hydrogens is 287 g/mol. The lowest BCUT2D eigenvalue weighted by molar-refractivity contribution is -0.139. The van der Waals surface area contributed by atoms with Crippen LogP contribution in [-0.2, 0) is 4.79 Å². The average molecular weight is 311 g/mol. The SMILES string of the molecule is N[C@@H](CC1CCC(N(CCCl)CCCl)CC1)C(=O)O. The number of alkyl halides is 2. The maximum Gasteiger partial charge on any atom is 0.320 e. The third-order valence-electron chi connectivity index (χ3n) is 3.98. The van der Waals surface area contributed by atoms with E-state index in [2.05, 4.69) is 4.90 Å². The van der Waals surface area contributed by atoms with Gasteiger partial charge >= 0.3 is 5.97 Å². The summed E-state index contributed by atoms with van der Waals surface area (Å²) in [5.41, 5.74) is 5.59. The van der Waals surface area contributed by atoms with Gasteiger partial charge in [0.25, 0.3) is 0 Å². The van der Waals surface area contributed by atoms with Crippen LogP contribution in [0.2, 0.25) is 0 Å². The number of rotatable bonds is 8. The van der Waals surface area contributed by atoms with Crippen molar-refractivity contribution >= 4 is 29.2 Å². The van der Waals surface area contributed by atoms with Crippen molar-refractivity contribution in [3.63, 3.8) is 0 Å². The van der Waals surface area contributed by atoms with Gasteiger partial charge in [-0.25, -0.2) is 0 Å². The molecule has 0 amide bonds. The molecule has 1 fully saturated rings. The predicted molar refractivity (Wildman–Crippen MR) is 79.0 cm³/mol. The number of nitrogens with zero attached hydrogens (tertiary/aromatic N) is 1. The number of nitrogens with two attached hydrogens (primary N) is 1. The number of halogens is 2. The molecule has 0 saturated heterocycles. The van der Waals surface area contributed by atoms with Crippen LogP contribution in [0.1, 0.15) is 32.1 Å². The predicted octanol–water partition coefficient (Wildman–Crippen LogP) is 2.13. The topological polar surface area (TPSA) is 66.6 Å². The molecule has 1 atom stereocenters. The van der Waals surface area contributed by atoms with Crippen molar-refractivity contribution in [3.05, 3.63) is 0 Å². The van der Waals surface area contributed by atoms with Crippen LogP contribution in [0.3, 0.4) is 0 Å². The van der Waals surface area contributed by atoms with Crippen molar-refractivity contribution in [2.75, 3.05) is 24.8 Å². The van der Waals surface area contributed by atoms with E-state index in [4.69, 9.17) is 34.0 Å². The summed E-state index contributed by atoms with van der Waals surface area (Å²) >= 11 is 11.6. The minimum absolute atomic E-state index is 0.441. The average Bonchev–Trinajstić information content (AvgIpc) is 2.39. The Morgan fingerprint density at radius 1 is 1.21 bits per heavy atom. The van der Waals surface area contributed by atoms with Crippen molar-refractivity contribution < 1.29 is 9.90 Å². The number of hydrogen-bond donors (Lipinski definition) is 2. The molecule has 0 heterocycles. The van der Waals surface area contributed by atoms with Crippen molar-refractivity contribution in [2.24, 2.45) is 11.7 Å². The summed E-state index contributed by atoms with van der Waals surface area (Å²) < 4.78 is 0. The molecule has 1 aliphatic carbocycles. The standard InChI is InChI=1S/C13H24Cl2N2O2/c14-5-7-17(8-6-15)11-3-1-10(2-4-11)9-12(16)13(18)19/h10-12H,1-9,16H2,(H,18,19)/t10?,11?,12-/m0/s1. The molecule has 0 bridgehead atoms. The number of aliphatic carboxylic acids is 1. The first-order valence-electron chi connectivity index (χ1n) is 6.92. The van der Waals surface area contributed by atoms with Gasteiger partial charge in [-0.15, -0.1) is 23.2 Å². The van der Waals surface area contributed by atoms with Gasteiger partial charge in [-0.3, -0.25) is 9.69 Å². The quantitative estimate of drug-likeness (QED) is 0.674. The minimum atomic E-state index is -0.895. The van der Waals surface area contributed by atoms with E-state index in [1.807, 2.05) is 0 Å². The van der Waals surface area contributed by atoms with Gasteiger partial charge in [0.1, 0.15) is 6.04 Å². The molecule has 4 nitrogen and oxygen atoms in total. The Kier molecular flexibility index (Phi) is 8.07. The zero-order valence-corrected chi connectivity index (χ0v) is 12.7. The van der Waals surface area contributed by atoms with Crippen molar-refractivity contribution in [2.45, 2.75) is 44.2 Å². The van der Waals surface area contributed by atoms with Crippen LogP contribution in [0.15, 0.2) is 0 Å². The summed E-state index contributed by atoms with van der Waals surface area (Å²) in [5, 5.41) is 8.83. The molecule has 1 rings (SSSR count). The molecule has 1 saturated carbocycles. The van der Waals surface area contributed by atoms with Crippen LogP contribution < -0.4 is 5.73 Å². The maximum atomic E-state index is 10.8. The van der Waals surface area contributed by atoms with Crippen LogP contribution in [0.25, 0.3) is 0 Å². The van der Waals surface area contributed by atoms with E-state index >= 15 is 0 Å². The second kappa shape index (κ2) is 9.01. The van der Waals surface area contributed by atoms with E-state index in [9.17, 15) is 4.79 Å². The lowest BCUT2D eigenvalue weighted by atomic mass is 9.82. The Morgan fingerprint density at radius 3 is 2.16 bits per heavy atom. The van der Waals surface area contributed by atoms with Gasteiger partial charge in [0.15, 0.2) is 0 Å². The van der Waals surface area contributed by atoms with Crippen molar-refractivity contribution in [3.8, 4) is 0 Å². The van der Waals surface area contributed by atoms with Crippen molar-refractivity contribution in [1.29, 1.82) is 0 Å². The van der Waals surface area contributed by atoms with Crippen LogP contribution in [0.4, 0.5) is 0 Å². The summed E-state index contributed by atoms with van der Waals surface area (Å²) in [5.74, 6) is 0.797. The summed E-state index contributed by atoms with van der Waals surface area (Å²) in [6, 6.07) is -0.182. The van der Waals surface area contributed by atoms with Gasteiger partial charge < -0.3 is 10.8 Å². The largest absolute Gasteiger partial charge is 0.480 e. The highest BCUT2D eigenvalue weighted by Crippen LogP contribution is 2.30. The van der Waals surface area contributed by atoms with Crippen LogP contribution in [0.5, 0.6) is 0 Å². The first-order chi connectivity index (χ1) is 9.08. The van der Waals surface area contributed by atoms with Gasteiger partial charge in [-0.1, -0.05) is 0 Å². The van der Waals surface area contributed by atoms with Gasteiger partial charge in [-0.05, 0) is 38.0 Å².